The number of nitrogens with two attached hydrogens (primary N) is 1. The van der Waals surface area contributed by atoms with E-state index in [0.717, 1.165) is 0 Å². The van der Waals surface area contributed by atoms with Crippen LogP contribution in [0.3, 0.4) is 0 Å². The fraction of sp³-hybridized carbons (Fsp3) is 0. The SMILES string of the molecule is NC#CC(=O)O.[NaH]. The second kappa shape index (κ2) is 5.83. The van der Waals surface area contributed by atoms with Gasteiger partial charge in [0.2, 0.25) is 0 Å². The van der Waals surface area contributed by atoms with Crippen molar-refractivity contribution in [2.75, 3.05) is 0 Å². The molecule has 0 rings (SSSR count). The van der Waals surface area contributed by atoms with Crippen LogP contribution in [-0.4, -0.2) is 40.6 Å². The Bertz CT molecular complexity index is 112. The summed E-state index contributed by atoms with van der Waals surface area (Å²) in [5, 5.41) is 7.66. The minimum atomic E-state index is -1.20. The second-order valence-corrected chi connectivity index (χ2v) is 0.574. The third-order valence-electron chi connectivity index (χ3n) is 0.179. The summed E-state index contributed by atoms with van der Waals surface area (Å²) in [5.41, 5.74) is 4.49. The zero-order valence-electron chi connectivity index (χ0n) is 2.93. The van der Waals surface area contributed by atoms with Gasteiger partial charge < -0.3 is 10.8 Å². The average molecular weight is 109 g/mol. The van der Waals surface area contributed by atoms with Gasteiger partial charge in [-0.25, -0.2) is 4.79 Å². The summed E-state index contributed by atoms with van der Waals surface area (Å²) in [5.74, 6) is 0.456. The molecular formula is C3H4NNaO2. The van der Waals surface area contributed by atoms with Crippen LogP contribution in [0.1, 0.15) is 0 Å². The molecule has 0 bridgehead atoms. The molecule has 3 nitrogen and oxygen atoms in total. The first-order chi connectivity index (χ1) is 2.77. The third-order valence-corrected chi connectivity index (χ3v) is 0.179. The normalized spacial score (nSPS) is 4.57. The summed E-state index contributed by atoms with van der Waals surface area (Å²) < 4.78 is 0. The van der Waals surface area contributed by atoms with E-state index in [4.69, 9.17) is 5.11 Å². The quantitative estimate of drug-likeness (QED) is 0.222. The standard InChI is InChI=1S/C3H3NO2.Na.H/c4-2-1-3(5)6;;/h4H2,(H,5,6);;. The van der Waals surface area contributed by atoms with Crippen molar-refractivity contribution in [3.8, 4) is 12.0 Å². The van der Waals surface area contributed by atoms with Gasteiger partial charge in [0.05, 0.1) is 0 Å². The maximum atomic E-state index is 9.35. The Labute approximate surface area is 63.2 Å². The zero-order chi connectivity index (χ0) is 4.99. The Balaban J connectivity index is 0. The van der Waals surface area contributed by atoms with Gasteiger partial charge in [-0.15, -0.1) is 0 Å². The molecule has 0 unspecified atom stereocenters. The minimum absolute atomic E-state index is 0. The van der Waals surface area contributed by atoms with Crippen LogP contribution in [0, 0.1) is 12.0 Å². The van der Waals surface area contributed by atoms with Gasteiger partial charge in [0.1, 0.15) is 0 Å². The van der Waals surface area contributed by atoms with Crippen molar-refractivity contribution < 1.29 is 9.90 Å². The molecule has 0 spiro atoms. The number of carboxylic acids is 1. The van der Waals surface area contributed by atoms with Crippen molar-refractivity contribution in [2.24, 2.45) is 5.73 Å². The molecule has 34 valence electrons. The Morgan fingerprint density at radius 2 is 2.14 bits per heavy atom. The van der Waals surface area contributed by atoms with E-state index >= 15 is 0 Å². The first-order valence-corrected chi connectivity index (χ1v) is 1.22. The Kier molecular flexibility index (Phi) is 8.29. The first-order valence-electron chi connectivity index (χ1n) is 1.22. The van der Waals surface area contributed by atoms with Crippen molar-refractivity contribution in [1.82, 2.24) is 0 Å². The number of rotatable bonds is 0. The molecule has 0 heterocycles. The van der Waals surface area contributed by atoms with E-state index in [1.165, 1.54) is 0 Å². The van der Waals surface area contributed by atoms with Crippen LogP contribution >= 0.6 is 0 Å². The number of carboxylic acid groups (broad SMARTS) is 1. The molecule has 0 amide bonds. The van der Waals surface area contributed by atoms with Crippen LogP contribution in [0.5, 0.6) is 0 Å². The van der Waals surface area contributed by atoms with E-state index < -0.39 is 5.97 Å². The maximum absolute atomic E-state index is 9.35. The number of aliphatic carboxylic acids is 1. The van der Waals surface area contributed by atoms with Gasteiger partial charge in [-0.3, -0.25) is 0 Å². The molecule has 0 saturated carbocycles. The Morgan fingerprint density at radius 1 is 1.71 bits per heavy atom. The van der Waals surface area contributed by atoms with Gasteiger partial charge in [0.15, 0.2) is 0 Å². The summed E-state index contributed by atoms with van der Waals surface area (Å²) >= 11 is 0. The van der Waals surface area contributed by atoms with Gasteiger partial charge in [-0.2, -0.15) is 0 Å². The van der Waals surface area contributed by atoms with E-state index in [-0.39, 0.29) is 29.6 Å². The molecular weight excluding hydrogens is 105 g/mol. The molecule has 4 heteroatoms. The number of carbonyl (C=O) groups is 1. The average Bonchev–Trinajstić information content (AvgIpc) is 1.35. The van der Waals surface area contributed by atoms with Crippen molar-refractivity contribution in [2.45, 2.75) is 0 Å². The molecule has 0 radical (unpaired) electrons. The van der Waals surface area contributed by atoms with Gasteiger partial charge in [-0.05, 0) is 0 Å². The van der Waals surface area contributed by atoms with Crippen LogP contribution < -0.4 is 5.73 Å². The van der Waals surface area contributed by atoms with Gasteiger partial charge in [0, 0.05) is 12.0 Å². The van der Waals surface area contributed by atoms with Gasteiger partial charge in [-0.1, -0.05) is 0 Å². The predicted octanol–water partition coefficient (Wildman–Crippen LogP) is -1.66. The van der Waals surface area contributed by atoms with Crippen LogP contribution in [0.15, 0.2) is 0 Å². The molecule has 0 aromatic carbocycles. The Hall–Kier alpha value is -0.170. The summed E-state index contributed by atoms with van der Waals surface area (Å²) in [6.45, 7) is 0. The molecule has 0 aliphatic rings. The summed E-state index contributed by atoms with van der Waals surface area (Å²) in [6, 6.07) is 1.72. The second-order valence-electron chi connectivity index (χ2n) is 0.574. The summed E-state index contributed by atoms with van der Waals surface area (Å²) in [6.07, 6.45) is 0. The molecule has 0 aromatic rings. The molecule has 0 atom stereocenters. The molecule has 3 N–H and O–H groups in total. The third kappa shape index (κ3) is 10.7. The van der Waals surface area contributed by atoms with Crippen molar-refractivity contribution in [3.63, 3.8) is 0 Å². The van der Waals surface area contributed by atoms with E-state index in [1.807, 2.05) is 0 Å². The van der Waals surface area contributed by atoms with Crippen molar-refractivity contribution in [3.05, 3.63) is 0 Å². The van der Waals surface area contributed by atoms with Crippen LogP contribution in [-0.2, 0) is 4.79 Å². The van der Waals surface area contributed by atoms with E-state index in [1.54, 1.807) is 12.0 Å². The Morgan fingerprint density at radius 3 is 2.14 bits per heavy atom. The molecule has 0 aromatic heterocycles. The van der Waals surface area contributed by atoms with Crippen LogP contribution in [0.4, 0.5) is 0 Å². The molecule has 0 saturated heterocycles. The molecule has 0 aliphatic carbocycles. The van der Waals surface area contributed by atoms with E-state index in [2.05, 4.69) is 5.73 Å². The van der Waals surface area contributed by atoms with E-state index in [9.17, 15) is 4.79 Å². The molecule has 0 fully saturated rings. The monoisotopic (exact) mass is 109 g/mol. The first kappa shape index (κ1) is 9.95. The topological polar surface area (TPSA) is 63.3 Å². The fourth-order valence-electron chi connectivity index (χ4n) is 0.0617. The molecule has 7 heavy (non-hydrogen) atoms. The van der Waals surface area contributed by atoms with Gasteiger partial charge in [0.25, 0.3) is 0 Å². The van der Waals surface area contributed by atoms with Crippen molar-refractivity contribution >= 4 is 35.5 Å². The molecule has 0 aliphatic heterocycles. The summed E-state index contributed by atoms with van der Waals surface area (Å²) in [7, 11) is 0. The van der Waals surface area contributed by atoms with Crippen molar-refractivity contribution in [1.29, 1.82) is 0 Å². The van der Waals surface area contributed by atoms with E-state index in [0.29, 0.717) is 0 Å². The fourth-order valence-corrected chi connectivity index (χ4v) is 0.0617. The predicted molar refractivity (Wildman–Crippen MR) is 26.7 cm³/mol. The summed E-state index contributed by atoms with van der Waals surface area (Å²) in [4.78, 5) is 9.35. The van der Waals surface area contributed by atoms with Crippen LogP contribution in [0.2, 0.25) is 0 Å². The van der Waals surface area contributed by atoms with Crippen LogP contribution in [0.25, 0.3) is 0 Å². The zero-order valence-corrected chi connectivity index (χ0v) is 2.93. The number of hydrogen-bond acceptors (Lipinski definition) is 2. The number of hydrogen-bond donors (Lipinski definition) is 2. The van der Waals surface area contributed by atoms with Gasteiger partial charge >= 0.3 is 35.5 Å².